The number of sulfonamides is 1. The minimum Gasteiger partial charge on any atom is -0.494 e. The Balaban J connectivity index is 1.60. The molecule has 0 aliphatic carbocycles. The molecule has 1 heterocycles. The maximum Gasteiger partial charge on any atom is 0.296 e. The molecular weight excluding hydrogens is 546 g/mol. The summed E-state index contributed by atoms with van der Waals surface area (Å²) in [4.78, 5) is 29.1. The standard InChI is InChI=1S/C30H37N3O7S/c1-30(2,3)20-18-23(28(38-4)25(19-20)32-41(5,36)37)27(34)29(35)31-24-10-11-26(22-9-7-6-8-21(22)24)40-17-14-33-12-15-39-16-13-33/h6-11,18-19,32H,12-17H2,1-5H3,(H,31,35). The zero-order chi connectivity index (χ0) is 29.8. The van der Waals surface area contributed by atoms with Gasteiger partial charge in [-0.2, -0.15) is 0 Å². The Bertz CT molecular complexity index is 1540. The highest BCUT2D eigenvalue weighted by Gasteiger charge is 2.28. The molecule has 11 heteroatoms. The van der Waals surface area contributed by atoms with Crippen molar-refractivity contribution < 1.29 is 32.2 Å². The molecule has 0 aromatic heterocycles. The SMILES string of the molecule is COc1c(NS(C)(=O)=O)cc(C(C)(C)C)cc1C(=O)C(=O)Nc1ccc(OCCN2CCOCC2)c2ccccc12. The maximum absolute atomic E-state index is 13.5. The third-order valence-electron chi connectivity index (χ3n) is 6.81. The second kappa shape index (κ2) is 12.5. The number of nitrogens with zero attached hydrogens (tertiary/aromatic N) is 1. The second-order valence-electron chi connectivity index (χ2n) is 11.0. The Labute approximate surface area is 241 Å². The average Bonchev–Trinajstić information content (AvgIpc) is 2.92. The largest absolute Gasteiger partial charge is 0.494 e. The number of amides is 1. The summed E-state index contributed by atoms with van der Waals surface area (Å²) in [5.41, 5.74) is 0.697. The molecule has 4 rings (SSSR count). The van der Waals surface area contributed by atoms with Gasteiger partial charge in [0.05, 0.1) is 37.8 Å². The van der Waals surface area contributed by atoms with E-state index in [1.807, 2.05) is 45.0 Å². The number of Topliss-reactive ketones (excluding diaryl/α,β-unsaturated/α-hetero) is 1. The monoisotopic (exact) mass is 583 g/mol. The van der Waals surface area contributed by atoms with Gasteiger partial charge in [-0.3, -0.25) is 19.2 Å². The van der Waals surface area contributed by atoms with E-state index in [9.17, 15) is 18.0 Å². The molecule has 0 saturated carbocycles. The number of hydrogen-bond donors (Lipinski definition) is 2. The van der Waals surface area contributed by atoms with Crippen LogP contribution >= 0.6 is 0 Å². The highest BCUT2D eigenvalue weighted by Crippen LogP contribution is 2.37. The van der Waals surface area contributed by atoms with Gasteiger partial charge in [-0.05, 0) is 35.2 Å². The van der Waals surface area contributed by atoms with E-state index < -0.39 is 27.1 Å². The molecule has 1 fully saturated rings. The van der Waals surface area contributed by atoms with Crippen LogP contribution in [0.4, 0.5) is 11.4 Å². The molecule has 1 amide bonds. The molecule has 3 aromatic carbocycles. The summed E-state index contributed by atoms with van der Waals surface area (Å²) in [6, 6.07) is 14.1. The van der Waals surface area contributed by atoms with Crippen molar-refractivity contribution in [2.75, 3.05) is 62.9 Å². The van der Waals surface area contributed by atoms with Crippen LogP contribution in [0.2, 0.25) is 0 Å². The van der Waals surface area contributed by atoms with E-state index in [1.165, 1.54) is 7.11 Å². The van der Waals surface area contributed by atoms with E-state index in [2.05, 4.69) is 14.9 Å². The molecule has 1 saturated heterocycles. The Kier molecular flexibility index (Phi) is 9.21. The normalized spacial score (nSPS) is 14.5. The van der Waals surface area contributed by atoms with E-state index in [0.717, 1.165) is 44.5 Å². The molecule has 0 atom stereocenters. The lowest BCUT2D eigenvalue weighted by atomic mass is 9.85. The van der Waals surface area contributed by atoms with Crippen LogP contribution in [-0.2, 0) is 25.0 Å². The van der Waals surface area contributed by atoms with Crippen LogP contribution in [0.3, 0.4) is 0 Å². The molecule has 0 unspecified atom stereocenters. The van der Waals surface area contributed by atoms with Crippen molar-refractivity contribution in [2.45, 2.75) is 26.2 Å². The second-order valence-corrected chi connectivity index (χ2v) is 12.7. The molecule has 3 aromatic rings. The number of benzene rings is 3. The van der Waals surface area contributed by atoms with Crippen LogP contribution in [0.5, 0.6) is 11.5 Å². The molecule has 0 radical (unpaired) electrons. The number of anilines is 2. The first-order valence-corrected chi connectivity index (χ1v) is 15.3. The fourth-order valence-electron chi connectivity index (χ4n) is 4.64. The number of morpholine rings is 1. The van der Waals surface area contributed by atoms with Crippen LogP contribution in [-0.4, -0.2) is 77.8 Å². The third kappa shape index (κ3) is 7.55. The Morgan fingerprint density at radius 3 is 2.32 bits per heavy atom. The van der Waals surface area contributed by atoms with Crippen LogP contribution in [0.15, 0.2) is 48.5 Å². The number of fused-ring (bicyclic) bond motifs is 1. The van der Waals surface area contributed by atoms with E-state index in [-0.39, 0.29) is 17.0 Å². The predicted molar refractivity (Wildman–Crippen MR) is 160 cm³/mol. The van der Waals surface area contributed by atoms with Crippen LogP contribution in [0.1, 0.15) is 36.7 Å². The van der Waals surface area contributed by atoms with Gasteiger partial charge in [-0.25, -0.2) is 8.42 Å². The first-order chi connectivity index (χ1) is 19.4. The van der Waals surface area contributed by atoms with E-state index in [1.54, 1.807) is 24.3 Å². The lowest BCUT2D eigenvalue weighted by Gasteiger charge is -2.26. The van der Waals surface area contributed by atoms with Crippen LogP contribution < -0.4 is 19.5 Å². The van der Waals surface area contributed by atoms with Gasteiger partial charge < -0.3 is 19.5 Å². The molecule has 10 nitrogen and oxygen atoms in total. The van der Waals surface area contributed by atoms with Crippen LogP contribution in [0.25, 0.3) is 10.8 Å². The number of carbonyl (C=O) groups excluding carboxylic acids is 2. The quantitative estimate of drug-likeness (QED) is 0.271. The average molecular weight is 584 g/mol. The van der Waals surface area contributed by atoms with Gasteiger partial charge in [0.1, 0.15) is 12.4 Å². The van der Waals surface area contributed by atoms with Crippen molar-refractivity contribution >= 4 is 43.9 Å². The minimum atomic E-state index is -3.69. The number of ether oxygens (including phenoxy) is 3. The van der Waals surface area contributed by atoms with Crippen LogP contribution in [0, 0.1) is 0 Å². The van der Waals surface area contributed by atoms with Crippen molar-refractivity contribution in [1.29, 1.82) is 0 Å². The summed E-state index contributed by atoms with van der Waals surface area (Å²) in [5, 5.41) is 4.25. The highest BCUT2D eigenvalue weighted by molar-refractivity contribution is 7.92. The van der Waals surface area contributed by atoms with Crippen molar-refractivity contribution in [3.8, 4) is 11.5 Å². The van der Waals surface area contributed by atoms with Crippen molar-refractivity contribution in [3.63, 3.8) is 0 Å². The molecule has 220 valence electrons. The first-order valence-electron chi connectivity index (χ1n) is 13.4. The number of hydrogen-bond acceptors (Lipinski definition) is 8. The third-order valence-corrected chi connectivity index (χ3v) is 7.40. The topological polar surface area (TPSA) is 123 Å². The number of carbonyl (C=O) groups is 2. The van der Waals surface area contributed by atoms with Gasteiger partial charge in [0, 0.05) is 36.1 Å². The van der Waals surface area contributed by atoms with E-state index in [4.69, 9.17) is 14.2 Å². The summed E-state index contributed by atoms with van der Waals surface area (Å²) >= 11 is 0. The molecular formula is C30H37N3O7S. The Morgan fingerprint density at radius 1 is 1.00 bits per heavy atom. The lowest BCUT2D eigenvalue weighted by molar-refractivity contribution is -0.112. The van der Waals surface area contributed by atoms with Crippen molar-refractivity contribution in [2.24, 2.45) is 0 Å². The molecule has 1 aliphatic rings. The Morgan fingerprint density at radius 2 is 1.68 bits per heavy atom. The van der Waals surface area contributed by atoms with Gasteiger partial charge in [0.25, 0.3) is 11.7 Å². The minimum absolute atomic E-state index is 0.0301. The summed E-state index contributed by atoms with van der Waals surface area (Å²) < 4.78 is 43.4. The first kappa shape index (κ1) is 30.3. The lowest BCUT2D eigenvalue weighted by Crippen LogP contribution is -2.38. The number of methoxy groups -OCH3 is 1. The molecule has 2 N–H and O–H groups in total. The number of ketones is 1. The van der Waals surface area contributed by atoms with Gasteiger partial charge in [-0.1, -0.05) is 45.0 Å². The smallest absolute Gasteiger partial charge is 0.296 e. The van der Waals surface area contributed by atoms with Crippen molar-refractivity contribution in [3.05, 3.63) is 59.7 Å². The molecule has 41 heavy (non-hydrogen) atoms. The van der Waals surface area contributed by atoms with Gasteiger partial charge in [0.15, 0.2) is 5.75 Å². The van der Waals surface area contributed by atoms with Gasteiger partial charge in [0.2, 0.25) is 10.0 Å². The van der Waals surface area contributed by atoms with Crippen molar-refractivity contribution in [1.82, 2.24) is 4.90 Å². The van der Waals surface area contributed by atoms with Gasteiger partial charge >= 0.3 is 0 Å². The zero-order valence-corrected chi connectivity index (χ0v) is 24.9. The maximum atomic E-state index is 13.5. The summed E-state index contributed by atoms with van der Waals surface area (Å²) in [6.07, 6.45) is 1.01. The number of nitrogens with one attached hydrogen (secondary N) is 2. The Hall–Kier alpha value is -3.67. The summed E-state index contributed by atoms with van der Waals surface area (Å²) in [7, 11) is -2.37. The van der Waals surface area contributed by atoms with E-state index in [0.29, 0.717) is 29.0 Å². The fourth-order valence-corrected chi connectivity index (χ4v) is 5.19. The zero-order valence-electron chi connectivity index (χ0n) is 24.1. The van der Waals surface area contributed by atoms with E-state index >= 15 is 0 Å². The fraction of sp³-hybridized carbons (Fsp3) is 0.400. The highest BCUT2D eigenvalue weighted by atomic mass is 32.2. The summed E-state index contributed by atoms with van der Waals surface area (Å²) in [6.45, 7) is 10.2. The molecule has 1 aliphatic heterocycles. The summed E-state index contributed by atoms with van der Waals surface area (Å²) in [5.74, 6) is -1.10. The molecule has 0 spiro atoms. The molecule has 0 bridgehead atoms. The predicted octanol–water partition coefficient (Wildman–Crippen LogP) is 4.05. The number of rotatable bonds is 10. The van der Waals surface area contributed by atoms with Gasteiger partial charge in [-0.15, -0.1) is 0 Å².